The second-order valence-corrected chi connectivity index (χ2v) is 3.49. The second kappa shape index (κ2) is 6.76. The number of hydrogen-bond donors (Lipinski definition) is 1. The topological polar surface area (TPSA) is 86.1 Å². The number of carbonyl (C=O) groups is 2. The first-order valence-electron chi connectivity index (χ1n) is 5.60. The molecule has 1 heterocycles. The minimum atomic E-state index is -2.93. The number of nitrogens with zero attached hydrogens (tertiary/aromatic N) is 3. The molecular formula is C10H14F2N4O3. The monoisotopic (exact) mass is 276 g/mol. The van der Waals surface area contributed by atoms with Gasteiger partial charge in [-0.15, -0.1) is 5.10 Å². The quantitative estimate of drug-likeness (QED) is 0.766. The fourth-order valence-corrected chi connectivity index (χ4v) is 1.38. The van der Waals surface area contributed by atoms with Crippen molar-refractivity contribution in [1.82, 2.24) is 20.3 Å². The van der Waals surface area contributed by atoms with Crippen LogP contribution in [-0.2, 0) is 16.1 Å². The molecule has 0 aliphatic carbocycles. The molecule has 1 aromatic rings. The van der Waals surface area contributed by atoms with Crippen molar-refractivity contribution in [3.8, 4) is 0 Å². The molecule has 0 aromatic carbocycles. The molecule has 0 radical (unpaired) electrons. The normalized spacial score (nSPS) is 10.6. The average Bonchev–Trinajstić information content (AvgIpc) is 2.80. The van der Waals surface area contributed by atoms with Gasteiger partial charge in [-0.2, -0.15) is 0 Å². The molecule has 1 amide bonds. The van der Waals surface area contributed by atoms with Crippen LogP contribution in [0.15, 0.2) is 0 Å². The highest BCUT2D eigenvalue weighted by molar-refractivity contribution is 5.88. The molecule has 0 spiro atoms. The molecule has 0 aliphatic heterocycles. The largest absolute Gasteiger partial charge is 0.461 e. The van der Waals surface area contributed by atoms with Gasteiger partial charge in [0.1, 0.15) is 5.69 Å². The summed E-state index contributed by atoms with van der Waals surface area (Å²) in [5, 5.41) is 9.19. The highest BCUT2D eigenvalue weighted by Crippen LogP contribution is 2.22. The SMILES string of the molecule is CCOC(=O)c1nnn(CCC(=O)NC)c1C(F)F. The molecule has 1 N–H and O–H groups in total. The number of aromatic nitrogens is 3. The first-order chi connectivity index (χ1) is 9.01. The zero-order chi connectivity index (χ0) is 14.4. The van der Waals surface area contributed by atoms with Gasteiger partial charge in [0.25, 0.3) is 6.43 Å². The van der Waals surface area contributed by atoms with E-state index in [0.29, 0.717) is 0 Å². The Morgan fingerprint density at radius 3 is 2.68 bits per heavy atom. The fourth-order valence-electron chi connectivity index (χ4n) is 1.38. The van der Waals surface area contributed by atoms with Crippen molar-refractivity contribution >= 4 is 11.9 Å². The van der Waals surface area contributed by atoms with E-state index >= 15 is 0 Å². The maximum Gasteiger partial charge on any atom is 0.361 e. The molecule has 0 bridgehead atoms. The summed E-state index contributed by atoms with van der Waals surface area (Å²) < 4.78 is 31.3. The smallest absolute Gasteiger partial charge is 0.361 e. The lowest BCUT2D eigenvalue weighted by atomic mass is 10.3. The lowest BCUT2D eigenvalue weighted by molar-refractivity contribution is -0.120. The Hall–Kier alpha value is -2.06. The predicted molar refractivity (Wildman–Crippen MR) is 59.6 cm³/mol. The van der Waals surface area contributed by atoms with E-state index in [2.05, 4.69) is 20.4 Å². The van der Waals surface area contributed by atoms with E-state index in [0.717, 1.165) is 4.68 Å². The third kappa shape index (κ3) is 3.70. The lowest BCUT2D eigenvalue weighted by Crippen LogP contribution is -2.20. The lowest BCUT2D eigenvalue weighted by Gasteiger charge is -2.06. The van der Waals surface area contributed by atoms with Crippen molar-refractivity contribution < 1.29 is 23.1 Å². The third-order valence-electron chi connectivity index (χ3n) is 2.28. The van der Waals surface area contributed by atoms with Crippen LogP contribution in [-0.4, -0.2) is 40.5 Å². The summed E-state index contributed by atoms with van der Waals surface area (Å²) >= 11 is 0. The zero-order valence-electron chi connectivity index (χ0n) is 10.5. The minimum absolute atomic E-state index is 0.0398. The van der Waals surface area contributed by atoms with Gasteiger partial charge in [-0.1, -0.05) is 5.21 Å². The second-order valence-electron chi connectivity index (χ2n) is 3.49. The van der Waals surface area contributed by atoms with Gasteiger partial charge in [0.05, 0.1) is 13.2 Å². The minimum Gasteiger partial charge on any atom is -0.461 e. The standard InChI is InChI=1S/C10H14F2N4O3/c1-3-19-10(18)7-8(9(11)12)16(15-14-7)5-4-6(17)13-2/h9H,3-5H2,1-2H3,(H,13,17). The first kappa shape index (κ1) is 15.0. The molecule has 1 rings (SSSR count). The van der Waals surface area contributed by atoms with Crippen LogP contribution in [0.3, 0.4) is 0 Å². The van der Waals surface area contributed by atoms with Gasteiger partial charge in [-0.05, 0) is 6.92 Å². The molecule has 1 aromatic heterocycles. The molecular weight excluding hydrogens is 262 g/mol. The van der Waals surface area contributed by atoms with Crippen LogP contribution in [0.25, 0.3) is 0 Å². The van der Waals surface area contributed by atoms with Gasteiger partial charge in [0, 0.05) is 13.5 Å². The summed E-state index contributed by atoms with van der Waals surface area (Å²) in [5.41, 5.74) is -1.16. The Kier molecular flexibility index (Phi) is 5.34. The maximum absolute atomic E-state index is 12.9. The Labute approximate surface area is 107 Å². The summed E-state index contributed by atoms with van der Waals surface area (Å²) in [5.74, 6) is -1.28. The van der Waals surface area contributed by atoms with Crippen molar-refractivity contribution in [2.45, 2.75) is 26.3 Å². The van der Waals surface area contributed by atoms with Crippen molar-refractivity contribution in [2.75, 3.05) is 13.7 Å². The number of ether oxygens (including phenoxy) is 1. The molecule has 0 fully saturated rings. The summed E-state index contributed by atoms with van der Waals surface area (Å²) in [6.07, 6.45) is -2.97. The average molecular weight is 276 g/mol. The first-order valence-corrected chi connectivity index (χ1v) is 5.60. The van der Waals surface area contributed by atoms with Gasteiger partial charge in [0.2, 0.25) is 5.91 Å². The van der Waals surface area contributed by atoms with Gasteiger partial charge in [-0.3, -0.25) is 4.79 Å². The summed E-state index contributed by atoms with van der Waals surface area (Å²) in [7, 11) is 1.43. The molecule has 9 heteroatoms. The molecule has 0 atom stereocenters. The molecule has 7 nitrogen and oxygen atoms in total. The van der Waals surface area contributed by atoms with E-state index in [1.807, 2.05) is 0 Å². The van der Waals surface area contributed by atoms with Gasteiger partial charge in [0.15, 0.2) is 5.69 Å². The number of hydrogen-bond acceptors (Lipinski definition) is 5. The molecule has 0 saturated heterocycles. The Morgan fingerprint density at radius 1 is 1.47 bits per heavy atom. The number of alkyl halides is 2. The number of nitrogens with one attached hydrogen (secondary N) is 1. The zero-order valence-corrected chi connectivity index (χ0v) is 10.5. The Morgan fingerprint density at radius 2 is 2.16 bits per heavy atom. The van der Waals surface area contributed by atoms with Crippen LogP contribution in [0.5, 0.6) is 0 Å². The van der Waals surface area contributed by atoms with Gasteiger partial charge < -0.3 is 10.1 Å². The highest BCUT2D eigenvalue weighted by atomic mass is 19.3. The van der Waals surface area contributed by atoms with Crippen LogP contribution in [0.4, 0.5) is 8.78 Å². The van der Waals surface area contributed by atoms with Crippen molar-refractivity contribution in [2.24, 2.45) is 0 Å². The van der Waals surface area contributed by atoms with Crippen molar-refractivity contribution in [3.63, 3.8) is 0 Å². The Balaban J connectivity index is 2.93. The van der Waals surface area contributed by atoms with E-state index in [-0.39, 0.29) is 25.5 Å². The van der Waals surface area contributed by atoms with E-state index in [1.165, 1.54) is 7.05 Å². The molecule has 19 heavy (non-hydrogen) atoms. The van der Waals surface area contributed by atoms with Crippen LogP contribution in [0, 0.1) is 0 Å². The predicted octanol–water partition coefficient (Wildman–Crippen LogP) is 0.528. The number of rotatable bonds is 6. The van der Waals surface area contributed by atoms with Crippen molar-refractivity contribution in [3.05, 3.63) is 11.4 Å². The van der Waals surface area contributed by atoms with Crippen LogP contribution in [0.1, 0.15) is 36.0 Å². The maximum atomic E-state index is 12.9. The van der Waals surface area contributed by atoms with Crippen LogP contribution >= 0.6 is 0 Å². The number of esters is 1. The van der Waals surface area contributed by atoms with Crippen molar-refractivity contribution in [1.29, 1.82) is 0 Å². The van der Waals surface area contributed by atoms with Crippen LogP contribution < -0.4 is 5.32 Å². The van der Waals surface area contributed by atoms with E-state index in [1.54, 1.807) is 6.92 Å². The summed E-state index contributed by atoms with van der Waals surface area (Å²) in [4.78, 5) is 22.5. The molecule has 106 valence electrons. The third-order valence-corrected chi connectivity index (χ3v) is 2.28. The van der Waals surface area contributed by atoms with Gasteiger partial charge in [-0.25, -0.2) is 18.3 Å². The summed E-state index contributed by atoms with van der Waals surface area (Å²) in [6.45, 7) is 1.51. The van der Waals surface area contributed by atoms with E-state index in [9.17, 15) is 18.4 Å². The molecule has 0 unspecified atom stereocenters. The van der Waals surface area contributed by atoms with E-state index < -0.39 is 23.8 Å². The molecule has 0 aliphatic rings. The van der Waals surface area contributed by atoms with E-state index in [4.69, 9.17) is 0 Å². The number of amides is 1. The summed E-state index contributed by atoms with van der Waals surface area (Å²) in [6, 6.07) is 0. The Bertz CT molecular complexity index is 462. The fraction of sp³-hybridized carbons (Fsp3) is 0.600. The number of aryl methyl sites for hydroxylation is 1. The van der Waals surface area contributed by atoms with Crippen LogP contribution in [0.2, 0.25) is 0 Å². The molecule has 0 saturated carbocycles. The number of halogens is 2. The van der Waals surface area contributed by atoms with Gasteiger partial charge >= 0.3 is 5.97 Å². The highest BCUT2D eigenvalue weighted by Gasteiger charge is 2.27. The number of carbonyl (C=O) groups excluding carboxylic acids is 2.